The fourth-order valence-electron chi connectivity index (χ4n) is 3.53. The average molecular weight is 371 g/mol. The first kappa shape index (κ1) is 19.1. The van der Waals surface area contributed by atoms with E-state index in [1.54, 1.807) is 11.3 Å². The van der Waals surface area contributed by atoms with Crippen LogP contribution >= 0.6 is 11.3 Å². The van der Waals surface area contributed by atoms with E-state index in [1.165, 1.54) is 29.7 Å². The van der Waals surface area contributed by atoms with E-state index in [-0.39, 0.29) is 17.4 Å². The summed E-state index contributed by atoms with van der Waals surface area (Å²) in [5.41, 5.74) is 2.09. The van der Waals surface area contributed by atoms with Crippen molar-refractivity contribution >= 4 is 17.2 Å². The molecule has 2 heterocycles. The molecule has 1 amide bonds. The molecule has 1 aliphatic rings. The fourth-order valence-corrected chi connectivity index (χ4v) is 4.39. The minimum Gasteiger partial charge on any atom is -0.350 e. The van der Waals surface area contributed by atoms with Gasteiger partial charge in [-0.1, -0.05) is 45.4 Å². The molecule has 0 unspecified atom stereocenters. The molecule has 0 bridgehead atoms. The molecule has 2 aromatic rings. The quantitative estimate of drug-likeness (QED) is 0.803. The predicted molar refractivity (Wildman–Crippen MR) is 110 cm³/mol. The van der Waals surface area contributed by atoms with Crippen LogP contribution < -0.4 is 5.32 Å². The number of nitrogens with zero attached hydrogens (tertiary/aromatic N) is 1. The summed E-state index contributed by atoms with van der Waals surface area (Å²) in [5.74, 6) is 0.0176. The number of benzene rings is 1. The Morgan fingerprint density at radius 1 is 1.12 bits per heavy atom. The Balaban J connectivity index is 1.65. The van der Waals surface area contributed by atoms with Crippen LogP contribution in [0.4, 0.5) is 0 Å². The second kappa shape index (κ2) is 8.36. The monoisotopic (exact) mass is 370 g/mol. The van der Waals surface area contributed by atoms with Crippen molar-refractivity contribution in [3.05, 3.63) is 57.8 Å². The smallest absolute Gasteiger partial charge is 0.251 e. The molecule has 0 radical (unpaired) electrons. The van der Waals surface area contributed by atoms with E-state index >= 15 is 0 Å². The number of thiophene rings is 1. The van der Waals surface area contributed by atoms with Crippen molar-refractivity contribution in [2.45, 2.75) is 51.5 Å². The lowest BCUT2D eigenvalue weighted by molar-refractivity contribution is 0.0925. The van der Waals surface area contributed by atoms with Gasteiger partial charge < -0.3 is 5.32 Å². The molecule has 1 saturated heterocycles. The fraction of sp³-hybridized carbons (Fsp3) is 0.500. The average Bonchev–Trinajstić information content (AvgIpc) is 3.16. The Morgan fingerprint density at radius 3 is 2.38 bits per heavy atom. The van der Waals surface area contributed by atoms with Gasteiger partial charge in [0.15, 0.2) is 0 Å². The summed E-state index contributed by atoms with van der Waals surface area (Å²) >= 11 is 1.78. The Labute approximate surface area is 161 Å². The molecule has 3 nitrogen and oxygen atoms in total. The third-order valence-electron chi connectivity index (χ3n) is 5.17. The van der Waals surface area contributed by atoms with Gasteiger partial charge in [-0.3, -0.25) is 9.69 Å². The Morgan fingerprint density at radius 2 is 1.81 bits per heavy atom. The van der Waals surface area contributed by atoms with Crippen molar-refractivity contribution in [3.8, 4) is 0 Å². The van der Waals surface area contributed by atoms with Crippen LogP contribution in [0, 0.1) is 0 Å². The van der Waals surface area contributed by atoms with Crippen molar-refractivity contribution in [2.75, 3.05) is 19.6 Å². The van der Waals surface area contributed by atoms with E-state index in [4.69, 9.17) is 0 Å². The van der Waals surface area contributed by atoms with Crippen LogP contribution in [0.15, 0.2) is 41.8 Å². The molecule has 1 fully saturated rings. The zero-order valence-corrected chi connectivity index (χ0v) is 16.9. The molecule has 140 valence electrons. The second-order valence-electron chi connectivity index (χ2n) is 8.17. The summed E-state index contributed by atoms with van der Waals surface area (Å²) in [6, 6.07) is 12.6. The second-order valence-corrected chi connectivity index (χ2v) is 9.14. The third-order valence-corrected chi connectivity index (χ3v) is 6.15. The van der Waals surface area contributed by atoms with Crippen molar-refractivity contribution in [1.29, 1.82) is 0 Å². The first-order chi connectivity index (χ1) is 12.4. The van der Waals surface area contributed by atoms with Crippen molar-refractivity contribution in [2.24, 2.45) is 0 Å². The maximum Gasteiger partial charge on any atom is 0.251 e. The van der Waals surface area contributed by atoms with Gasteiger partial charge in [-0.15, -0.1) is 11.3 Å². The number of likely N-dealkylation sites (tertiary alicyclic amines) is 1. The number of nitrogens with one attached hydrogen (secondary N) is 1. The highest BCUT2D eigenvalue weighted by atomic mass is 32.1. The van der Waals surface area contributed by atoms with E-state index in [0.29, 0.717) is 6.54 Å². The third kappa shape index (κ3) is 4.74. The first-order valence-electron chi connectivity index (χ1n) is 9.61. The van der Waals surface area contributed by atoms with E-state index in [2.05, 4.69) is 60.6 Å². The van der Waals surface area contributed by atoms with Crippen LogP contribution in [0.25, 0.3) is 0 Å². The SMILES string of the molecule is CC(C)(C)c1ccc(C(=O)NC[C@@H](c2cccs2)N2CCCCC2)cc1. The van der Waals surface area contributed by atoms with Crippen LogP contribution in [0.3, 0.4) is 0 Å². The van der Waals surface area contributed by atoms with Gasteiger partial charge in [0.2, 0.25) is 0 Å². The van der Waals surface area contributed by atoms with Crippen molar-refractivity contribution in [1.82, 2.24) is 10.2 Å². The number of carbonyl (C=O) groups excluding carboxylic acids is 1. The van der Waals surface area contributed by atoms with Gasteiger partial charge in [0.1, 0.15) is 0 Å². The number of amides is 1. The summed E-state index contributed by atoms with van der Waals surface area (Å²) in [6.07, 6.45) is 3.83. The number of carbonyl (C=O) groups is 1. The number of hydrogen-bond donors (Lipinski definition) is 1. The molecule has 1 aromatic heterocycles. The molecule has 3 rings (SSSR count). The van der Waals surface area contributed by atoms with Gasteiger partial charge in [0, 0.05) is 17.0 Å². The van der Waals surface area contributed by atoms with Crippen molar-refractivity contribution < 1.29 is 4.79 Å². The molecule has 0 spiro atoms. The van der Waals surface area contributed by atoms with E-state index in [1.807, 2.05) is 12.1 Å². The number of piperidine rings is 1. The van der Waals surface area contributed by atoms with Crippen LogP contribution in [-0.2, 0) is 5.41 Å². The van der Waals surface area contributed by atoms with Gasteiger partial charge in [-0.25, -0.2) is 0 Å². The molecule has 1 N–H and O–H groups in total. The lowest BCUT2D eigenvalue weighted by atomic mass is 9.87. The molecular weight excluding hydrogens is 340 g/mol. The highest BCUT2D eigenvalue weighted by molar-refractivity contribution is 7.10. The Hall–Kier alpha value is -1.65. The zero-order chi connectivity index (χ0) is 18.6. The Kier molecular flexibility index (Phi) is 6.15. The van der Waals surface area contributed by atoms with E-state index < -0.39 is 0 Å². The van der Waals surface area contributed by atoms with Gasteiger partial charge in [-0.2, -0.15) is 0 Å². The van der Waals surface area contributed by atoms with E-state index in [9.17, 15) is 4.79 Å². The van der Waals surface area contributed by atoms with Gasteiger partial charge in [0.25, 0.3) is 5.91 Å². The maximum atomic E-state index is 12.6. The summed E-state index contributed by atoms with van der Waals surface area (Å²) in [6.45, 7) is 9.47. The summed E-state index contributed by atoms with van der Waals surface area (Å²) < 4.78 is 0. The standard InChI is InChI=1S/C22H30N2OS/c1-22(2,3)18-11-9-17(10-12-18)21(25)23-16-19(20-8-7-15-26-20)24-13-5-4-6-14-24/h7-12,15,19H,4-6,13-14,16H2,1-3H3,(H,23,25)/t19-/m0/s1. The molecular formula is C22H30N2OS. The van der Waals surface area contributed by atoms with Crippen LogP contribution in [-0.4, -0.2) is 30.4 Å². The summed E-state index contributed by atoms with van der Waals surface area (Å²) in [7, 11) is 0. The maximum absolute atomic E-state index is 12.6. The lowest BCUT2D eigenvalue weighted by Crippen LogP contribution is -2.40. The molecule has 1 aliphatic heterocycles. The van der Waals surface area contributed by atoms with E-state index in [0.717, 1.165) is 18.7 Å². The highest BCUT2D eigenvalue weighted by Gasteiger charge is 2.24. The molecule has 1 aromatic carbocycles. The molecule has 1 atom stereocenters. The summed E-state index contributed by atoms with van der Waals surface area (Å²) in [4.78, 5) is 16.5. The molecule has 0 saturated carbocycles. The topological polar surface area (TPSA) is 32.3 Å². The minimum atomic E-state index is 0.0176. The Bertz CT molecular complexity index is 695. The lowest BCUT2D eigenvalue weighted by Gasteiger charge is -2.34. The number of hydrogen-bond acceptors (Lipinski definition) is 3. The molecule has 26 heavy (non-hydrogen) atoms. The molecule has 4 heteroatoms. The van der Waals surface area contributed by atoms with Crippen LogP contribution in [0.5, 0.6) is 0 Å². The van der Waals surface area contributed by atoms with Gasteiger partial charge in [0.05, 0.1) is 6.04 Å². The first-order valence-corrected chi connectivity index (χ1v) is 10.5. The van der Waals surface area contributed by atoms with Crippen LogP contribution in [0.2, 0.25) is 0 Å². The van der Waals surface area contributed by atoms with Crippen LogP contribution in [0.1, 0.15) is 66.9 Å². The van der Waals surface area contributed by atoms with Gasteiger partial charge >= 0.3 is 0 Å². The summed E-state index contributed by atoms with van der Waals surface area (Å²) in [5, 5.41) is 5.29. The minimum absolute atomic E-state index is 0.0176. The zero-order valence-electron chi connectivity index (χ0n) is 16.1. The predicted octanol–water partition coefficient (Wildman–Crippen LogP) is 5.00. The number of rotatable bonds is 5. The van der Waals surface area contributed by atoms with Crippen molar-refractivity contribution in [3.63, 3.8) is 0 Å². The molecule has 0 aliphatic carbocycles. The highest BCUT2D eigenvalue weighted by Crippen LogP contribution is 2.27. The van der Waals surface area contributed by atoms with Gasteiger partial charge in [-0.05, 0) is 60.5 Å². The normalized spacial score (nSPS) is 17.0. The largest absolute Gasteiger partial charge is 0.350 e.